The highest BCUT2D eigenvalue weighted by Crippen LogP contribution is 2.40. The first-order valence-electron chi connectivity index (χ1n) is 8.37. The molecule has 1 aliphatic rings. The van der Waals surface area contributed by atoms with Gasteiger partial charge in [-0.25, -0.2) is 0 Å². The molecule has 1 aliphatic heterocycles. The molecule has 0 aromatic heterocycles. The molecule has 0 atom stereocenters. The molecule has 0 saturated heterocycles. The molecule has 0 amide bonds. The zero-order valence-electron chi connectivity index (χ0n) is 14.7. The fourth-order valence-electron chi connectivity index (χ4n) is 3.44. The Kier molecular flexibility index (Phi) is 4.61. The maximum atomic E-state index is 10.8. The minimum absolute atomic E-state index is 0.0184. The first-order valence-corrected chi connectivity index (χ1v) is 8.37. The number of fused-ring (bicyclic) bond motifs is 1. The van der Waals surface area contributed by atoms with Gasteiger partial charge in [-0.1, -0.05) is 18.2 Å². The van der Waals surface area contributed by atoms with Crippen molar-refractivity contribution in [2.45, 2.75) is 19.3 Å². The van der Waals surface area contributed by atoms with E-state index in [2.05, 4.69) is 24.5 Å². The van der Waals surface area contributed by atoms with Crippen molar-refractivity contribution < 1.29 is 19.7 Å². The molecule has 2 N–H and O–H groups in total. The lowest BCUT2D eigenvalue weighted by molar-refractivity contribution is -0.440. The third-order valence-electron chi connectivity index (χ3n) is 4.77. The van der Waals surface area contributed by atoms with E-state index < -0.39 is 4.92 Å². The summed E-state index contributed by atoms with van der Waals surface area (Å²) in [5, 5.41) is 30.3. The molecule has 0 aliphatic carbocycles. The quantitative estimate of drug-likeness (QED) is 0.490. The number of phenols is 1. The van der Waals surface area contributed by atoms with E-state index in [1.807, 2.05) is 24.3 Å². The van der Waals surface area contributed by atoms with Gasteiger partial charge in [0.25, 0.3) is 5.69 Å². The van der Waals surface area contributed by atoms with Crippen LogP contribution in [-0.2, 0) is 5.41 Å². The van der Waals surface area contributed by atoms with Gasteiger partial charge in [0.2, 0.25) is 5.69 Å². The van der Waals surface area contributed by atoms with Gasteiger partial charge in [-0.2, -0.15) is 4.58 Å². The summed E-state index contributed by atoms with van der Waals surface area (Å²) in [6, 6.07) is 12.1. The number of nitro groups is 1. The Balaban J connectivity index is 2.04. The van der Waals surface area contributed by atoms with Crippen LogP contribution in [0.2, 0.25) is 0 Å². The van der Waals surface area contributed by atoms with Crippen LogP contribution in [0, 0.1) is 10.1 Å². The lowest BCUT2D eigenvalue weighted by Gasteiger charge is -2.15. The van der Waals surface area contributed by atoms with Crippen molar-refractivity contribution in [3.63, 3.8) is 0 Å². The molecule has 0 spiro atoms. The van der Waals surface area contributed by atoms with Gasteiger partial charge in [0.05, 0.1) is 16.4 Å². The molecule has 0 bridgehead atoms. The van der Waals surface area contributed by atoms with Gasteiger partial charge in [0.1, 0.15) is 12.4 Å². The molecule has 2 aromatic rings. The van der Waals surface area contributed by atoms with Gasteiger partial charge in [-0.3, -0.25) is 10.1 Å². The molecule has 6 heteroatoms. The largest absolute Gasteiger partial charge is 0.507 e. The van der Waals surface area contributed by atoms with Crippen LogP contribution in [0.5, 0.6) is 5.75 Å². The normalized spacial score (nSPS) is 15.5. The van der Waals surface area contributed by atoms with Crippen molar-refractivity contribution >= 4 is 23.2 Å². The van der Waals surface area contributed by atoms with Gasteiger partial charge < -0.3 is 10.2 Å². The van der Waals surface area contributed by atoms with Crippen LogP contribution in [0.15, 0.2) is 48.5 Å². The lowest BCUT2D eigenvalue weighted by atomic mass is 9.81. The first kappa shape index (κ1) is 17.8. The van der Waals surface area contributed by atoms with Crippen molar-refractivity contribution in [1.29, 1.82) is 0 Å². The Bertz CT molecular complexity index is 929. The van der Waals surface area contributed by atoms with E-state index in [1.165, 1.54) is 17.7 Å². The van der Waals surface area contributed by atoms with Gasteiger partial charge in [0.15, 0.2) is 12.3 Å². The summed E-state index contributed by atoms with van der Waals surface area (Å²) in [6.45, 7) is 4.70. The van der Waals surface area contributed by atoms with E-state index in [0.717, 1.165) is 17.5 Å². The third kappa shape index (κ3) is 2.99. The number of nitro benzene ring substituents is 1. The van der Waals surface area contributed by atoms with E-state index in [1.54, 1.807) is 6.08 Å². The van der Waals surface area contributed by atoms with Crippen LogP contribution in [0.3, 0.4) is 0 Å². The molecule has 134 valence electrons. The van der Waals surface area contributed by atoms with Crippen molar-refractivity contribution in [1.82, 2.24) is 0 Å². The first-order chi connectivity index (χ1) is 12.4. The molecule has 2 aromatic carbocycles. The minimum atomic E-state index is -0.540. The summed E-state index contributed by atoms with van der Waals surface area (Å²) in [7, 11) is 0. The third-order valence-corrected chi connectivity index (χ3v) is 4.77. The molecule has 3 rings (SSSR count). The van der Waals surface area contributed by atoms with Gasteiger partial charge in [-0.15, -0.1) is 0 Å². The Labute approximate surface area is 151 Å². The number of benzene rings is 2. The van der Waals surface area contributed by atoms with Crippen LogP contribution in [0.25, 0.3) is 6.08 Å². The van der Waals surface area contributed by atoms with Crippen molar-refractivity contribution in [2.75, 3.05) is 13.2 Å². The summed E-state index contributed by atoms with van der Waals surface area (Å²) in [6.07, 6.45) is 3.64. The molecule has 0 saturated carbocycles. The highest BCUT2D eigenvalue weighted by atomic mass is 16.6. The number of hydrogen-bond acceptors (Lipinski definition) is 4. The Morgan fingerprint density at radius 2 is 1.92 bits per heavy atom. The predicted octanol–water partition coefficient (Wildman–Crippen LogP) is 3.38. The molecule has 0 fully saturated rings. The van der Waals surface area contributed by atoms with E-state index in [4.69, 9.17) is 0 Å². The van der Waals surface area contributed by atoms with Crippen LogP contribution in [0.1, 0.15) is 25.0 Å². The molecule has 6 nitrogen and oxygen atoms in total. The second-order valence-corrected chi connectivity index (χ2v) is 6.74. The molecular weight excluding hydrogens is 332 g/mol. The summed E-state index contributed by atoms with van der Waals surface area (Å²) >= 11 is 0. The highest BCUT2D eigenvalue weighted by Gasteiger charge is 2.43. The number of aromatic hydroxyl groups is 1. The Morgan fingerprint density at radius 1 is 1.19 bits per heavy atom. The molecule has 0 unspecified atom stereocenters. The fraction of sp³-hybridized carbons (Fsp3) is 0.250. The smallest absolute Gasteiger partial charge is 0.273 e. The summed E-state index contributed by atoms with van der Waals surface area (Å²) < 4.78 is 2.06. The van der Waals surface area contributed by atoms with Gasteiger partial charge in [-0.05, 0) is 26.0 Å². The van der Waals surface area contributed by atoms with Gasteiger partial charge in [0, 0.05) is 29.3 Å². The summed E-state index contributed by atoms with van der Waals surface area (Å²) in [4.78, 5) is 10.3. The maximum Gasteiger partial charge on any atom is 0.273 e. The zero-order valence-corrected chi connectivity index (χ0v) is 14.7. The zero-order chi connectivity index (χ0) is 18.9. The number of para-hydroxylation sites is 1. The van der Waals surface area contributed by atoms with E-state index >= 15 is 0 Å². The monoisotopic (exact) mass is 353 g/mol. The SMILES string of the molecule is CC1(C)C(/C=C/c2ccc([N+](=O)[O-])cc2O)=[N+](CCO)c2ccccc21. The van der Waals surface area contributed by atoms with Crippen LogP contribution in [-0.4, -0.2) is 38.6 Å². The van der Waals surface area contributed by atoms with E-state index in [-0.39, 0.29) is 23.5 Å². The molecule has 26 heavy (non-hydrogen) atoms. The molecule has 0 radical (unpaired) electrons. The number of rotatable bonds is 5. The minimum Gasteiger partial charge on any atom is -0.507 e. The maximum absolute atomic E-state index is 10.8. The fourth-order valence-corrected chi connectivity index (χ4v) is 3.44. The number of aliphatic hydroxyl groups excluding tert-OH is 1. The summed E-state index contributed by atoms with van der Waals surface area (Å²) in [5.74, 6) is -0.141. The number of β-amino-alcohol motifs (C(OH)–C–C–N with tert-alkyl or cyclic N) is 1. The van der Waals surface area contributed by atoms with Crippen molar-refractivity contribution in [2.24, 2.45) is 0 Å². The Morgan fingerprint density at radius 3 is 2.58 bits per heavy atom. The van der Waals surface area contributed by atoms with Crippen LogP contribution in [0.4, 0.5) is 11.4 Å². The number of hydrogen-bond donors (Lipinski definition) is 2. The number of non-ortho nitro benzene ring substituents is 1. The van der Waals surface area contributed by atoms with Crippen molar-refractivity contribution in [3.8, 4) is 5.75 Å². The topological polar surface area (TPSA) is 86.6 Å². The van der Waals surface area contributed by atoms with Gasteiger partial charge >= 0.3 is 0 Å². The van der Waals surface area contributed by atoms with Crippen molar-refractivity contribution in [3.05, 3.63) is 69.8 Å². The average molecular weight is 353 g/mol. The second kappa shape index (κ2) is 6.72. The number of nitrogens with zero attached hydrogens (tertiary/aromatic N) is 2. The summed E-state index contributed by atoms with van der Waals surface area (Å²) in [5.41, 5.74) is 3.30. The molecular formula is C20H21N2O4+. The molecule has 1 heterocycles. The standard InChI is InChI=1S/C20H20N2O4/c1-20(2)16-5-3-4-6-17(16)21(11-12-23)19(20)10-8-14-7-9-15(22(25)26)13-18(14)24/h3-10,13,23H,11-12H2,1-2H3/p+1. The van der Waals surface area contributed by atoms with E-state index in [0.29, 0.717) is 12.1 Å². The Hall–Kier alpha value is -2.99. The second-order valence-electron chi connectivity index (χ2n) is 6.74. The number of aliphatic hydroxyl groups is 1. The van der Waals surface area contributed by atoms with Crippen LogP contribution >= 0.6 is 0 Å². The van der Waals surface area contributed by atoms with E-state index in [9.17, 15) is 20.3 Å². The van der Waals surface area contributed by atoms with Crippen LogP contribution < -0.4 is 0 Å². The predicted molar refractivity (Wildman–Crippen MR) is 100 cm³/mol. The lowest BCUT2D eigenvalue weighted by Crippen LogP contribution is -2.28. The highest BCUT2D eigenvalue weighted by molar-refractivity contribution is 6.05. The average Bonchev–Trinajstić information content (AvgIpc) is 2.82. The number of allylic oxidation sites excluding steroid dienone is 1. The number of phenolic OH excluding ortho intramolecular Hbond substituents is 1.